The van der Waals surface area contributed by atoms with Crippen LogP contribution in [0, 0.1) is 5.92 Å². The largest absolute Gasteiger partial charge is 0.461 e. The molecule has 1 aliphatic heterocycles. The first-order chi connectivity index (χ1) is 10.5. The van der Waals surface area contributed by atoms with Gasteiger partial charge in [0.1, 0.15) is 12.3 Å². The van der Waals surface area contributed by atoms with Crippen LogP contribution in [-0.2, 0) is 20.9 Å². The van der Waals surface area contributed by atoms with Gasteiger partial charge in [-0.3, -0.25) is 14.5 Å². The van der Waals surface area contributed by atoms with Crippen LogP contribution in [0.25, 0.3) is 0 Å². The molecule has 2 rings (SSSR count). The van der Waals surface area contributed by atoms with E-state index in [1.165, 1.54) is 0 Å². The van der Waals surface area contributed by atoms with Crippen molar-refractivity contribution >= 4 is 12.3 Å². The summed E-state index contributed by atoms with van der Waals surface area (Å²) in [7, 11) is 0. The van der Waals surface area contributed by atoms with Crippen molar-refractivity contribution in [2.24, 2.45) is 11.7 Å². The molecule has 0 aromatic heterocycles. The second-order valence-electron chi connectivity index (χ2n) is 6.12. The van der Waals surface area contributed by atoms with Gasteiger partial charge in [0.25, 0.3) is 0 Å². The van der Waals surface area contributed by atoms with Gasteiger partial charge in [-0.1, -0.05) is 30.3 Å². The first-order valence-electron chi connectivity index (χ1n) is 7.71. The molecule has 5 heteroatoms. The Morgan fingerprint density at radius 1 is 1.36 bits per heavy atom. The van der Waals surface area contributed by atoms with E-state index < -0.39 is 5.66 Å². The van der Waals surface area contributed by atoms with Gasteiger partial charge in [0.15, 0.2) is 6.29 Å². The number of likely N-dealkylation sites (tertiary alicyclic amines) is 1. The van der Waals surface area contributed by atoms with Gasteiger partial charge in [0, 0.05) is 19.5 Å². The van der Waals surface area contributed by atoms with Crippen LogP contribution in [0.15, 0.2) is 30.3 Å². The number of benzene rings is 1. The maximum atomic E-state index is 11.9. The maximum Gasteiger partial charge on any atom is 0.306 e. The molecule has 0 amide bonds. The van der Waals surface area contributed by atoms with Crippen molar-refractivity contribution in [2.75, 3.05) is 13.1 Å². The molecule has 0 spiro atoms. The third-order valence-electron chi connectivity index (χ3n) is 4.23. The molecular weight excluding hydrogens is 280 g/mol. The van der Waals surface area contributed by atoms with Crippen LogP contribution in [0.3, 0.4) is 0 Å². The van der Waals surface area contributed by atoms with Crippen molar-refractivity contribution in [3.05, 3.63) is 35.9 Å². The van der Waals surface area contributed by atoms with Gasteiger partial charge in [-0.05, 0) is 31.2 Å². The predicted octanol–water partition coefficient (Wildman–Crippen LogP) is 1.71. The Bertz CT molecular complexity index is 494. The van der Waals surface area contributed by atoms with Crippen molar-refractivity contribution in [1.82, 2.24) is 4.90 Å². The molecular formula is C17H24N2O3. The minimum absolute atomic E-state index is 0.159. The summed E-state index contributed by atoms with van der Waals surface area (Å²) in [5.74, 6) is 0.148. The first-order valence-corrected chi connectivity index (χ1v) is 7.71. The number of hydrogen-bond donors (Lipinski definition) is 1. The molecule has 1 saturated heterocycles. The zero-order valence-corrected chi connectivity index (χ0v) is 13.0. The number of esters is 1. The molecule has 0 bridgehead atoms. The molecule has 22 heavy (non-hydrogen) atoms. The fourth-order valence-electron chi connectivity index (χ4n) is 2.73. The molecule has 1 aromatic carbocycles. The molecule has 1 aromatic rings. The van der Waals surface area contributed by atoms with E-state index in [9.17, 15) is 9.59 Å². The Kier molecular flexibility index (Phi) is 5.69. The van der Waals surface area contributed by atoms with Crippen molar-refractivity contribution < 1.29 is 14.3 Å². The number of hydrogen-bond acceptors (Lipinski definition) is 5. The van der Waals surface area contributed by atoms with Crippen LogP contribution in [0.2, 0.25) is 0 Å². The number of piperidine rings is 1. The molecule has 2 N–H and O–H groups in total. The Morgan fingerprint density at radius 2 is 2.00 bits per heavy atom. The summed E-state index contributed by atoms with van der Waals surface area (Å²) in [4.78, 5) is 24.8. The average molecular weight is 304 g/mol. The summed E-state index contributed by atoms with van der Waals surface area (Å²) in [6.07, 6.45) is 2.94. The van der Waals surface area contributed by atoms with Crippen LogP contribution in [0.4, 0.5) is 0 Å². The lowest BCUT2D eigenvalue weighted by Crippen LogP contribution is -2.57. The number of nitrogens with zero attached hydrogens (tertiary/aromatic N) is 1. The van der Waals surface area contributed by atoms with E-state index in [1.54, 1.807) is 6.92 Å². The summed E-state index contributed by atoms with van der Waals surface area (Å²) in [5, 5.41) is 0. The van der Waals surface area contributed by atoms with Gasteiger partial charge in [-0.25, -0.2) is 0 Å². The zero-order valence-electron chi connectivity index (χ0n) is 13.0. The van der Waals surface area contributed by atoms with E-state index in [0.29, 0.717) is 18.9 Å². The fourth-order valence-corrected chi connectivity index (χ4v) is 2.73. The van der Waals surface area contributed by atoms with Crippen molar-refractivity contribution in [1.29, 1.82) is 0 Å². The lowest BCUT2D eigenvalue weighted by molar-refractivity contribution is -0.146. The van der Waals surface area contributed by atoms with Crippen molar-refractivity contribution in [2.45, 2.75) is 38.5 Å². The standard InChI is InChI=1S/C17H24N2O3/c1-17(18,13-20)19-9-7-14(8-10-19)11-16(21)22-12-15-5-3-2-4-6-15/h2-6,13-14H,7-12,18H2,1H3/t17-/m0/s1. The molecule has 0 radical (unpaired) electrons. The average Bonchev–Trinajstić information content (AvgIpc) is 2.54. The molecule has 0 saturated carbocycles. The zero-order chi connectivity index (χ0) is 16.0. The number of carbonyl (C=O) groups is 2. The summed E-state index contributed by atoms with van der Waals surface area (Å²) >= 11 is 0. The topological polar surface area (TPSA) is 72.6 Å². The summed E-state index contributed by atoms with van der Waals surface area (Å²) < 4.78 is 5.31. The van der Waals surface area contributed by atoms with Gasteiger partial charge >= 0.3 is 5.97 Å². The van der Waals surface area contributed by atoms with Gasteiger partial charge in [-0.2, -0.15) is 0 Å². The van der Waals surface area contributed by atoms with Gasteiger partial charge in [0.05, 0.1) is 0 Å². The molecule has 0 aliphatic carbocycles. The highest BCUT2D eigenvalue weighted by Gasteiger charge is 2.31. The van der Waals surface area contributed by atoms with E-state index in [0.717, 1.165) is 37.8 Å². The molecule has 120 valence electrons. The Balaban J connectivity index is 1.72. The third-order valence-corrected chi connectivity index (χ3v) is 4.23. The molecule has 1 heterocycles. The lowest BCUT2D eigenvalue weighted by Gasteiger charge is -2.39. The van der Waals surface area contributed by atoms with Gasteiger partial charge in [-0.15, -0.1) is 0 Å². The summed E-state index contributed by atoms with van der Waals surface area (Å²) in [6.45, 7) is 3.52. The quantitative estimate of drug-likeness (QED) is 0.640. The Morgan fingerprint density at radius 3 is 2.59 bits per heavy atom. The van der Waals surface area contributed by atoms with E-state index in [-0.39, 0.29) is 5.97 Å². The highest BCUT2D eigenvalue weighted by Crippen LogP contribution is 2.24. The van der Waals surface area contributed by atoms with E-state index in [1.807, 2.05) is 35.2 Å². The minimum atomic E-state index is -0.904. The summed E-state index contributed by atoms with van der Waals surface area (Å²) in [6, 6.07) is 9.66. The number of rotatable bonds is 6. The number of aldehydes is 1. The number of nitrogens with two attached hydrogens (primary N) is 1. The third kappa shape index (κ3) is 4.64. The monoisotopic (exact) mass is 304 g/mol. The van der Waals surface area contributed by atoms with E-state index in [4.69, 9.17) is 10.5 Å². The van der Waals surface area contributed by atoms with Crippen LogP contribution in [0.5, 0.6) is 0 Å². The normalized spacial score (nSPS) is 19.4. The van der Waals surface area contributed by atoms with Crippen molar-refractivity contribution in [3.8, 4) is 0 Å². The first kappa shape index (κ1) is 16.6. The van der Waals surface area contributed by atoms with Crippen LogP contribution in [-0.4, -0.2) is 35.9 Å². The predicted molar refractivity (Wildman–Crippen MR) is 83.8 cm³/mol. The number of ether oxygens (including phenoxy) is 1. The second-order valence-corrected chi connectivity index (χ2v) is 6.12. The molecule has 5 nitrogen and oxygen atoms in total. The van der Waals surface area contributed by atoms with E-state index >= 15 is 0 Å². The Labute approximate surface area is 131 Å². The molecule has 0 unspecified atom stereocenters. The molecule has 1 aliphatic rings. The SMILES string of the molecule is C[C@@](N)(C=O)N1CCC(CC(=O)OCc2ccccc2)CC1. The highest BCUT2D eigenvalue weighted by molar-refractivity contribution is 5.69. The van der Waals surface area contributed by atoms with Crippen LogP contribution >= 0.6 is 0 Å². The minimum Gasteiger partial charge on any atom is -0.461 e. The van der Waals surface area contributed by atoms with Gasteiger partial charge in [0.2, 0.25) is 0 Å². The Hall–Kier alpha value is -1.72. The molecule has 1 fully saturated rings. The highest BCUT2D eigenvalue weighted by atomic mass is 16.5. The number of carbonyl (C=O) groups excluding carboxylic acids is 2. The van der Waals surface area contributed by atoms with Crippen LogP contribution < -0.4 is 5.73 Å². The lowest BCUT2D eigenvalue weighted by atomic mass is 9.92. The maximum absolute atomic E-state index is 11.9. The van der Waals surface area contributed by atoms with E-state index in [2.05, 4.69) is 0 Å². The fraction of sp³-hybridized carbons (Fsp3) is 0.529. The van der Waals surface area contributed by atoms with Crippen LogP contribution in [0.1, 0.15) is 31.7 Å². The second kappa shape index (κ2) is 7.51. The molecule has 1 atom stereocenters. The van der Waals surface area contributed by atoms with Gasteiger partial charge < -0.3 is 10.5 Å². The smallest absolute Gasteiger partial charge is 0.306 e. The van der Waals surface area contributed by atoms with Crippen molar-refractivity contribution in [3.63, 3.8) is 0 Å². The summed E-state index contributed by atoms with van der Waals surface area (Å²) in [5.41, 5.74) is 6.01.